The third-order valence-corrected chi connectivity index (χ3v) is 5.61. The van der Waals surface area contributed by atoms with Gasteiger partial charge in [0.15, 0.2) is 11.6 Å². The average Bonchev–Trinajstić information content (AvgIpc) is 2.82. The molecule has 1 aromatic heterocycles. The fraction of sp³-hybridized carbons (Fsp3) is 0.536. The molecule has 2 aromatic rings. The summed E-state index contributed by atoms with van der Waals surface area (Å²) in [5, 5.41) is 0. The summed E-state index contributed by atoms with van der Waals surface area (Å²) in [5.41, 5.74) is 2.32. The smallest absolute Gasteiger partial charge is 0.335 e. The number of carbonyl (C=O) groups is 1. The number of allylic oxidation sites excluding steroid dienone is 1. The van der Waals surface area contributed by atoms with Gasteiger partial charge in [0.2, 0.25) is 0 Å². The first-order valence-corrected chi connectivity index (χ1v) is 12.5. The maximum atomic E-state index is 11.9. The van der Waals surface area contributed by atoms with E-state index in [1.807, 2.05) is 6.08 Å². The van der Waals surface area contributed by atoms with E-state index in [1.165, 1.54) is 75.8 Å². The fourth-order valence-electron chi connectivity index (χ4n) is 3.64. The van der Waals surface area contributed by atoms with Crippen LogP contribution in [0.25, 0.3) is 11.4 Å². The van der Waals surface area contributed by atoms with Gasteiger partial charge in [-0.25, -0.2) is 14.8 Å². The normalized spacial score (nSPS) is 11.2. The van der Waals surface area contributed by atoms with Gasteiger partial charge in [-0.05, 0) is 31.2 Å². The van der Waals surface area contributed by atoms with E-state index in [1.54, 1.807) is 12.4 Å². The quantitative estimate of drug-likeness (QED) is 0.153. The number of carbonyl (C=O) groups excluding carboxylic acids is 1. The lowest BCUT2D eigenvalue weighted by molar-refractivity contribution is -0.129. The Morgan fingerprint density at radius 1 is 0.812 bits per heavy atom. The van der Waals surface area contributed by atoms with Gasteiger partial charge in [-0.15, -0.1) is 0 Å². The molecule has 0 saturated carbocycles. The second kappa shape index (κ2) is 16.2. The van der Waals surface area contributed by atoms with Crippen LogP contribution in [-0.2, 0) is 11.2 Å². The first-order chi connectivity index (χ1) is 15.7. The number of esters is 1. The molecule has 0 fully saturated rings. The molecule has 0 atom stereocenters. The van der Waals surface area contributed by atoms with Crippen LogP contribution in [0, 0.1) is 0 Å². The summed E-state index contributed by atoms with van der Waals surface area (Å²) >= 11 is 0. The van der Waals surface area contributed by atoms with Gasteiger partial charge in [-0.1, -0.05) is 102 Å². The summed E-state index contributed by atoms with van der Waals surface area (Å²) in [7, 11) is 0. The molecular formula is C28H40N2O2. The zero-order valence-corrected chi connectivity index (χ0v) is 20.0. The Kier molecular flexibility index (Phi) is 13.0. The van der Waals surface area contributed by atoms with Crippen molar-refractivity contribution in [2.45, 2.75) is 97.3 Å². The Bertz CT molecular complexity index is 782. The van der Waals surface area contributed by atoms with Crippen LogP contribution in [0.4, 0.5) is 0 Å². The van der Waals surface area contributed by atoms with Crippen molar-refractivity contribution in [1.29, 1.82) is 0 Å². The summed E-state index contributed by atoms with van der Waals surface area (Å²) in [6.07, 6.45) is 22.5. The highest BCUT2D eigenvalue weighted by Gasteiger charge is 2.05. The van der Waals surface area contributed by atoms with Gasteiger partial charge in [-0.3, -0.25) is 0 Å². The highest BCUT2D eigenvalue weighted by molar-refractivity contribution is 5.83. The van der Waals surface area contributed by atoms with Crippen molar-refractivity contribution >= 4 is 5.97 Å². The van der Waals surface area contributed by atoms with Crippen molar-refractivity contribution in [3.05, 3.63) is 54.4 Å². The average molecular weight is 437 g/mol. The van der Waals surface area contributed by atoms with E-state index in [0.717, 1.165) is 24.8 Å². The van der Waals surface area contributed by atoms with Crippen LogP contribution in [0.5, 0.6) is 5.75 Å². The SMILES string of the molecule is CCCCCCCC=CC(=O)Oc1cnc(-c2ccc(CCCCCCCC)cc2)nc1. The van der Waals surface area contributed by atoms with E-state index in [2.05, 4.69) is 48.1 Å². The van der Waals surface area contributed by atoms with Crippen molar-refractivity contribution in [2.24, 2.45) is 0 Å². The Balaban J connectivity index is 1.72. The van der Waals surface area contributed by atoms with Crippen molar-refractivity contribution < 1.29 is 9.53 Å². The van der Waals surface area contributed by atoms with Crippen molar-refractivity contribution in [1.82, 2.24) is 9.97 Å². The molecular weight excluding hydrogens is 396 g/mol. The van der Waals surface area contributed by atoms with Crippen LogP contribution in [-0.4, -0.2) is 15.9 Å². The summed E-state index contributed by atoms with van der Waals surface area (Å²) in [6.45, 7) is 4.46. The maximum Gasteiger partial charge on any atom is 0.335 e. The van der Waals surface area contributed by atoms with E-state index in [9.17, 15) is 4.79 Å². The monoisotopic (exact) mass is 436 g/mol. The molecule has 0 saturated heterocycles. The minimum atomic E-state index is -0.381. The molecule has 0 amide bonds. The minimum absolute atomic E-state index is 0.367. The number of hydrogen-bond acceptors (Lipinski definition) is 4. The molecule has 2 rings (SSSR count). The topological polar surface area (TPSA) is 52.1 Å². The number of aromatic nitrogens is 2. The fourth-order valence-corrected chi connectivity index (χ4v) is 3.64. The summed E-state index contributed by atoms with van der Waals surface area (Å²) < 4.78 is 5.30. The van der Waals surface area contributed by atoms with E-state index < -0.39 is 0 Å². The number of hydrogen-bond donors (Lipinski definition) is 0. The van der Waals surface area contributed by atoms with Gasteiger partial charge >= 0.3 is 5.97 Å². The molecule has 4 nitrogen and oxygen atoms in total. The van der Waals surface area contributed by atoms with Crippen LogP contribution < -0.4 is 4.74 Å². The summed E-state index contributed by atoms with van der Waals surface area (Å²) in [4.78, 5) is 20.7. The van der Waals surface area contributed by atoms with Gasteiger partial charge in [-0.2, -0.15) is 0 Å². The molecule has 0 aliphatic heterocycles. The van der Waals surface area contributed by atoms with Crippen molar-refractivity contribution in [2.75, 3.05) is 0 Å². The Labute approximate surface area is 194 Å². The van der Waals surface area contributed by atoms with Crippen molar-refractivity contribution in [3.63, 3.8) is 0 Å². The van der Waals surface area contributed by atoms with Crippen molar-refractivity contribution in [3.8, 4) is 17.1 Å². The zero-order chi connectivity index (χ0) is 22.9. The highest BCUT2D eigenvalue weighted by Crippen LogP contribution is 2.19. The molecule has 0 aliphatic rings. The number of unbranched alkanes of at least 4 members (excludes halogenated alkanes) is 10. The zero-order valence-electron chi connectivity index (χ0n) is 20.0. The van der Waals surface area contributed by atoms with Gasteiger partial charge in [0.25, 0.3) is 0 Å². The second-order valence-corrected chi connectivity index (χ2v) is 8.48. The van der Waals surface area contributed by atoms with Gasteiger partial charge in [0.1, 0.15) is 0 Å². The molecule has 32 heavy (non-hydrogen) atoms. The van der Waals surface area contributed by atoms with E-state index in [4.69, 9.17) is 4.74 Å². The molecule has 4 heteroatoms. The largest absolute Gasteiger partial charge is 0.420 e. The predicted molar refractivity (Wildman–Crippen MR) is 133 cm³/mol. The number of aryl methyl sites for hydroxylation is 1. The molecule has 0 aliphatic carbocycles. The van der Waals surface area contributed by atoms with Gasteiger partial charge in [0, 0.05) is 11.6 Å². The molecule has 0 radical (unpaired) electrons. The third-order valence-electron chi connectivity index (χ3n) is 5.61. The Hall–Kier alpha value is -2.49. The van der Waals surface area contributed by atoms with Gasteiger partial charge in [0.05, 0.1) is 12.4 Å². The predicted octanol–water partition coefficient (Wildman–Crippen LogP) is 7.87. The molecule has 174 valence electrons. The van der Waals surface area contributed by atoms with E-state index >= 15 is 0 Å². The van der Waals surface area contributed by atoms with E-state index in [-0.39, 0.29) is 5.97 Å². The minimum Gasteiger partial charge on any atom is -0.420 e. The highest BCUT2D eigenvalue weighted by atomic mass is 16.5. The Morgan fingerprint density at radius 3 is 2.06 bits per heavy atom. The summed E-state index contributed by atoms with van der Waals surface area (Å²) in [5.74, 6) is 0.624. The van der Waals surface area contributed by atoms with Crippen LogP contribution in [0.2, 0.25) is 0 Å². The number of rotatable bonds is 16. The molecule has 1 aromatic carbocycles. The molecule has 1 heterocycles. The maximum absolute atomic E-state index is 11.9. The second-order valence-electron chi connectivity index (χ2n) is 8.48. The van der Waals surface area contributed by atoms with Crippen LogP contribution in [0.3, 0.4) is 0 Å². The molecule has 0 N–H and O–H groups in total. The Morgan fingerprint density at radius 2 is 1.41 bits per heavy atom. The summed E-state index contributed by atoms with van der Waals surface area (Å²) in [6, 6.07) is 8.45. The number of benzene rings is 1. The van der Waals surface area contributed by atoms with Crippen LogP contribution in [0.1, 0.15) is 96.5 Å². The number of nitrogens with zero attached hydrogens (tertiary/aromatic N) is 2. The lowest BCUT2D eigenvalue weighted by atomic mass is 10.0. The molecule has 0 bridgehead atoms. The van der Waals surface area contributed by atoms with E-state index in [0.29, 0.717) is 11.6 Å². The lowest BCUT2D eigenvalue weighted by Gasteiger charge is -2.05. The van der Waals surface area contributed by atoms with Crippen LogP contribution >= 0.6 is 0 Å². The molecule has 0 spiro atoms. The molecule has 0 unspecified atom stereocenters. The standard InChI is InChI=1S/C28H40N2O2/c1-3-5-7-9-11-13-15-17-27(31)32-26-22-29-28(30-23-26)25-20-18-24(19-21-25)16-14-12-10-8-6-4-2/h15,17-23H,3-14,16H2,1-2H3. The lowest BCUT2D eigenvalue weighted by Crippen LogP contribution is -2.04. The first-order valence-electron chi connectivity index (χ1n) is 12.5. The van der Waals surface area contributed by atoms with Crippen LogP contribution in [0.15, 0.2) is 48.8 Å². The number of ether oxygens (including phenoxy) is 1. The van der Waals surface area contributed by atoms with Gasteiger partial charge < -0.3 is 4.74 Å². The third kappa shape index (κ3) is 10.7. The first kappa shape index (κ1) is 25.8.